The van der Waals surface area contributed by atoms with Gasteiger partial charge in [-0.05, 0) is 65.5 Å². The van der Waals surface area contributed by atoms with Crippen LogP contribution in [0.3, 0.4) is 0 Å². The van der Waals surface area contributed by atoms with Crippen molar-refractivity contribution in [2.75, 3.05) is 11.4 Å². The van der Waals surface area contributed by atoms with E-state index in [-0.39, 0.29) is 16.6 Å². The summed E-state index contributed by atoms with van der Waals surface area (Å²) in [4.78, 5) is 29.7. The first-order chi connectivity index (χ1) is 16.6. The minimum Gasteiger partial charge on any atom is -0.367 e. The largest absolute Gasteiger partial charge is 0.367 e. The fraction of sp³-hybridized carbons (Fsp3) is 0.179. The Labute approximate surface area is 204 Å². The van der Waals surface area contributed by atoms with Crippen LogP contribution in [0.1, 0.15) is 28.7 Å². The predicted molar refractivity (Wildman–Crippen MR) is 138 cm³/mol. The first-order valence-electron chi connectivity index (χ1n) is 11.4. The van der Waals surface area contributed by atoms with Gasteiger partial charge in [0.2, 0.25) is 0 Å². The molecule has 0 aliphatic carbocycles. The molecule has 0 spiro atoms. The summed E-state index contributed by atoms with van der Waals surface area (Å²) in [5, 5.41) is 2.81. The van der Waals surface area contributed by atoms with Gasteiger partial charge >= 0.3 is 0 Å². The van der Waals surface area contributed by atoms with Gasteiger partial charge in [0.05, 0.1) is 6.54 Å². The number of carbonyl (C=O) groups excluding carboxylic acids is 2. The molecule has 170 valence electrons. The fourth-order valence-corrected chi connectivity index (χ4v) is 4.76. The number of nitrogens with one attached hydrogen (secondary N) is 1. The van der Waals surface area contributed by atoms with Crippen molar-refractivity contribution in [2.45, 2.75) is 25.9 Å². The van der Waals surface area contributed by atoms with Gasteiger partial charge in [-0.2, -0.15) is 0 Å². The summed E-state index contributed by atoms with van der Waals surface area (Å²) in [7, 11) is 0. The quantitative estimate of drug-likeness (QED) is 0.342. The summed E-state index contributed by atoms with van der Waals surface area (Å²) >= 11 is 5.28. The van der Waals surface area contributed by atoms with Crippen LogP contribution in [0, 0.1) is 0 Å². The van der Waals surface area contributed by atoms with Crippen molar-refractivity contribution < 1.29 is 9.59 Å². The number of rotatable bonds is 5. The van der Waals surface area contributed by atoms with Crippen LogP contribution in [0.2, 0.25) is 0 Å². The maximum absolute atomic E-state index is 13.2. The van der Waals surface area contributed by atoms with E-state index in [0.29, 0.717) is 6.54 Å². The SMILES string of the molecule is O=C1NC(=S)N(Cc2ccccc2)C(=O)C1=Cc1ccc2c(c1)CCCN2Cc1ccccc1. The molecule has 3 aromatic rings. The lowest BCUT2D eigenvalue weighted by Gasteiger charge is -2.32. The third-order valence-corrected chi connectivity index (χ3v) is 6.54. The van der Waals surface area contributed by atoms with Gasteiger partial charge in [-0.15, -0.1) is 0 Å². The Kier molecular flexibility index (Phi) is 6.23. The van der Waals surface area contributed by atoms with E-state index in [9.17, 15) is 9.59 Å². The molecule has 5 rings (SSSR count). The van der Waals surface area contributed by atoms with Crippen LogP contribution in [-0.4, -0.2) is 28.4 Å². The van der Waals surface area contributed by atoms with Gasteiger partial charge in [0.1, 0.15) is 5.57 Å². The molecule has 3 aromatic carbocycles. The molecular weight excluding hydrogens is 442 g/mol. The van der Waals surface area contributed by atoms with Crippen LogP contribution >= 0.6 is 12.2 Å². The Morgan fingerprint density at radius 3 is 2.26 bits per heavy atom. The molecule has 2 heterocycles. The highest BCUT2D eigenvalue weighted by Gasteiger charge is 2.33. The van der Waals surface area contributed by atoms with Crippen molar-refractivity contribution in [2.24, 2.45) is 0 Å². The summed E-state index contributed by atoms with van der Waals surface area (Å²) < 4.78 is 0. The minimum atomic E-state index is -0.456. The molecule has 1 saturated heterocycles. The van der Waals surface area contributed by atoms with Crippen LogP contribution in [0.15, 0.2) is 84.4 Å². The Hall–Kier alpha value is -3.77. The van der Waals surface area contributed by atoms with E-state index in [1.165, 1.54) is 21.7 Å². The molecule has 34 heavy (non-hydrogen) atoms. The number of aryl methyl sites for hydroxylation is 1. The second-order valence-electron chi connectivity index (χ2n) is 8.59. The predicted octanol–water partition coefficient (Wildman–Crippen LogP) is 4.47. The van der Waals surface area contributed by atoms with Crippen LogP contribution < -0.4 is 10.2 Å². The molecule has 1 fully saturated rings. The van der Waals surface area contributed by atoms with E-state index in [4.69, 9.17) is 12.2 Å². The highest BCUT2D eigenvalue weighted by molar-refractivity contribution is 7.80. The zero-order valence-electron chi connectivity index (χ0n) is 18.7. The summed E-state index contributed by atoms with van der Waals surface area (Å²) in [5.41, 5.74) is 5.61. The van der Waals surface area contributed by atoms with E-state index in [2.05, 4.69) is 46.6 Å². The number of carbonyl (C=O) groups is 2. The average Bonchev–Trinajstić information content (AvgIpc) is 2.86. The molecule has 0 unspecified atom stereocenters. The van der Waals surface area contributed by atoms with Gasteiger partial charge in [-0.3, -0.25) is 19.8 Å². The van der Waals surface area contributed by atoms with E-state index < -0.39 is 5.91 Å². The van der Waals surface area contributed by atoms with Crippen molar-refractivity contribution >= 4 is 40.9 Å². The maximum Gasteiger partial charge on any atom is 0.265 e. The Balaban J connectivity index is 1.39. The molecule has 5 nitrogen and oxygen atoms in total. The smallest absolute Gasteiger partial charge is 0.265 e. The van der Waals surface area contributed by atoms with Gasteiger partial charge in [0, 0.05) is 18.8 Å². The number of hydrogen-bond donors (Lipinski definition) is 1. The first-order valence-corrected chi connectivity index (χ1v) is 11.8. The third-order valence-electron chi connectivity index (χ3n) is 6.21. The molecule has 2 aliphatic heterocycles. The number of nitrogens with zero attached hydrogens (tertiary/aromatic N) is 2. The van der Waals surface area contributed by atoms with Gasteiger partial charge < -0.3 is 4.90 Å². The van der Waals surface area contributed by atoms with Crippen LogP contribution in [0.4, 0.5) is 5.69 Å². The van der Waals surface area contributed by atoms with Gasteiger partial charge in [0.25, 0.3) is 11.8 Å². The number of hydrogen-bond acceptors (Lipinski definition) is 4. The molecule has 2 amide bonds. The third kappa shape index (κ3) is 4.63. The molecule has 0 aromatic heterocycles. The van der Waals surface area contributed by atoms with E-state index >= 15 is 0 Å². The Morgan fingerprint density at radius 1 is 0.882 bits per heavy atom. The first kappa shape index (κ1) is 22.0. The molecule has 1 N–H and O–H groups in total. The summed E-state index contributed by atoms with van der Waals surface area (Å²) in [6.45, 7) is 2.19. The van der Waals surface area contributed by atoms with Crippen LogP contribution in [-0.2, 0) is 29.1 Å². The van der Waals surface area contributed by atoms with E-state index in [1.54, 1.807) is 6.08 Å². The summed E-state index contributed by atoms with van der Waals surface area (Å²) in [6, 6.07) is 26.2. The number of amides is 2. The van der Waals surface area contributed by atoms with Crippen molar-refractivity contribution in [3.05, 3.63) is 107 Å². The van der Waals surface area contributed by atoms with Crippen molar-refractivity contribution in [1.82, 2.24) is 10.2 Å². The summed E-state index contributed by atoms with van der Waals surface area (Å²) in [5.74, 6) is -0.830. The number of thiocarbonyl (C=S) groups is 1. The van der Waals surface area contributed by atoms with Gasteiger partial charge in [0.15, 0.2) is 5.11 Å². The fourth-order valence-electron chi connectivity index (χ4n) is 4.52. The highest BCUT2D eigenvalue weighted by atomic mass is 32.1. The van der Waals surface area contributed by atoms with Crippen LogP contribution in [0.25, 0.3) is 6.08 Å². The van der Waals surface area contributed by atoms with E-state index in [0.717, 1.165) is 37.1 Å². The second kappa shape index (κ2) is 9.61. The molecular formula is C28H25N3O2S. The highest BCUT2D eigenvalue weighted by Crippen LogP contribution is 2.30. The molecule has 0 bridgehead atoms. The topological polar surface area (TPSA) is 52.7 Å². The van der Waals surface area contributed by atoms with Crippen molar-refractivity contribution in [3.63, 3.8) is 0 Å². The monoisotopic (exact) mass is 467 g/mol. The molecule has 0 saturated carbocycles. The zero-order chi connectivity index (χ0) is 23.5. The standard InChI is InChI=1S/C28H25N3O2S/c32-26-24(27(33)31(28(34)29-26)19-21-10-5-2-6-11-21)17-22-13-14-25-23(16-22)12-7-15-30(25)18-20-8-3-1-4-9-20/h1-6,8-11,13-14,16-17H,7,12,15,18-19H2,(H,29,32,34). The lowest BCUT2D eigenvalue weighted by Crippen LogP contribution is -2.53. The Morgan fingerprint density at radius 2 is 1.56 bits per heavy atom. The minimum absolute atomic E-state index is 0.0985. The van der Waals surface area contributed by atoms with Gasteiger partial charge in [-0.25, -0.2) is 0 Å². The summed E-state index contributed by atoms with van der Waals surface area (Å²) in [6.07, 6.45) is 3.72. The van der Waals surface area contributed by atoms with Gasteiger partial charge in [-0.1, -0.05) is 66.7 Å². The number of benzene rings is 3. The molecule has 0 radical (unpaired) electrons. The van der Waals surface area contributed by atoms with Crippen LogP contribution in [0.5, 0.6) is 0 Å². The molecule has 0 atom stereocenters. The van der Waals surface area contributed by atoms with Crippen molar-refractivity contribution in [3.8, 4) is 0 Å². The zero-order valence-corrected chi connectivity index (χ0v) is 19.6. The molecule has 6 heteroatoms. The Bertz CT molecular complexity index is 1270. The average molecular weight is 468 g/mol. The number of anilines is 1. The lowest BCUT2D eigenvalue weighted by molar-refractivity contribution is -0.129. The van der Waals surface area contributed by atoms with E-state index in [1.807, 2.05) is 42.5 Å². The maximum atomic E-state index is 13.2. The second-order valence-corrected chi connectivity index (χ2v) is 8.98. The van der Waals surface area contributed by atoms with Crippen molar-refractivity contribution in [1.29, 1.82) is 0 Å². The molecule has 2 aliphatic rings. The lowest BCUT2D eigenvalue weighted by atomic mass is 9.97. The number of fused-ring (bicyclic) bond motifs is 1. The normalized spacial score (nSPS) is 17.1.